The molecule has 3 atom stereocenters. The number of ether oxygens (including phenoxy) is 1. The van der Waals surface area contributed by atoms with Crippen molar-refractivity contribution in [1.82, 2.24) is 0 Å². The van der Waals surface area contributed by atoms with Gasteiger partial charge in [-0.2, -0.15) is 5.26 Å². The maximum absolute atomic E-state index is 11.2. The minimum absolute atomic E-state index is 0.434. The Hall–Kier alpha value is -1.08. The molecule has 0 aromatic rings. The van der Waals surface area contributed by atoms with Gasteiger partial charge in [0.15, 0.2) is 6.10 Å². The summed E-state index contributed by atoms with van der Waals surface area (Å²) >= 11 is 0. The summed E-state index contributed by atoms with van der Waals surface area (Å²) in [5.41, 5.74) is -0.923. The van der Waals surface area contributed by atoms with Crippen molar-refractivity contribution < 1.29 is 14.6 Å². The number of nitrogens with zero attached hydrogens (tertiary/aromatic N) is 1. The zero-order valence-electron chi connectivity index (χ0n) is 9.19. The van der Waals surface area contributed by atoms with Crippen LogP contribution in [0, 0.1) is 22.7 Å². The van der Waals surface area contributed by atoms with Crippen molar-refractivity contribution in [1.29, 1.82) is 5.26 Å². The van der Waals surface area contributed by atoms with Crippen LogP contribution in [0.2, 0.25) is 0 Å². The fraction of sp³-hybridized carbons (Fsp3) is 0.818. The Balaban J connectivity index is 2.80. The predicted molar refractivity (Wildman–Crippen MR) is 53.7 cm³/mol. The number of carbonyl (C=O) groups is 1. The molecule has 0 spiro atoms. The van der Waals surface area contributed by atoms with Crippen LogP contribution < -0.4 is 0 Å². The van der Waals surface area contributed by atoms with Crippen LogP contribution in [0.15, 0.2) is 0 Å². The number of esters is 1. The van der Waals surface area contributed by atoms with Crippen LogP contribution >= 0.6 is 0 Å². The highest BCUT2D eigenvalue weighted by Gasteiger charge is 2.48. The molecule has 1 saturated carbocycles. The van der Waals surface area contributed by atoms with Gasteiger partial charge in [-0.25, -0.2) is 4.79 Å². The van der Waals surface area contributed by atoms with Gasteiger partial charge in [-0.05, 0) is 25.2 Å². The third-order valence-electron chi connectivity index (χ3n) is 3.40. The molecule has 1 fully saturated rings. The molecule has 0 amide bonds. The Kier molecular flexibility index (Phi) is 3.70. The molecular formula is C11H17NO3. The van der Waals surface area contributed by atoms with Crippen LogP contribution in [0.25, 0.3) is 0 Å². The fourth-order valence-electron chi connectivity index (χ4n) is 2.28. The predicted octanol–water partition coefficient (Wildman–Crippen LogP) is 1.24. The molecule has 0 aromatic carbocycles. The second-order valence-corrected chi connectivity index (χ2v) is 4.21. The zero-order valence-corrected chi connectivity index (χ0v) is 9.19. The van der Waals surface area contributed by atoms with Crippen molar-refractivity contribution in [2.24, 2.45) is 11.3 Å². The molecule has 1 rings (SSSR count). The summed E-state index contributed by atoms with van der Waals surface area (Å²) in [4.78, 5) is 11.2. The van der Waals surface area contributed by atoms with E-state index in [0.29, 0.717) is 18.8 Å². The molecule has 3 unspecified atom stereocenters. The van der Waals surface area contributed by atoms with Gasteiger partial charge < -0.3 is 9.84 Å². The van der Waals surface area contributed by atoms with E-state index in [-0.39, 0.29) is 0 Å². The van der Waals surface area contributed by atoms with E-state index >= 15 is 0 Å². The average molecular weight is 211 g/mol. The number of aliphatic hydroxyl groups excluding tert-OH is 1. The highest BCUT2D eigenvalue weighted by molar-refractivity contribution is 5.76. The van der Waals surface area contributed by atoms with Crippen molar-refractivity contribution in [2.45, 2.75) is 38.7 Å². The lowest BCUT2D eigenvalue weighted by atomic mass is 9.81. The van der Waals surface area contributed by atoms with E-state index in [1.807, 2.05) is 0 Å². The minimum atomic E-state index is -1.30. The number of aliphatic hydroxyl groups is 1. The normalized spacial score (nSPS) is 32.0. The highest BCUT2D eigenvalue weighted by Crippen LogP contribution is 2.45. The van der Waals surface area contributed by atoms with E-state index in [1.54, 1.807) is 0 Å². The van der Waals surface area contributed by atoms with E-state index in [9.17, 15) is 9.90 Å². The standard InChI is InChI=1S/C11H17NO3/c1-3-8-4-5-11(6-8,7-12)9(13)10(14)15-2/h8-9,13H,3-6H2,1-2H3. The van der Waals surface area contributed by atoms with Gasteiger partial charge in [-0.1, -0.05) is 13.3 Å². The van der Waals surface area contributed by atoms with Crippen molar-refractivity contribution in [2.75, 3.05) is 7.11 Å². The molecule has 84 valence electrons. The quantitative estimate of drug-likeness (QED) is 0.713. The largest absolute Gasteiger partial charge is 0.467 e. The van der Waals surface area contributed by atoms with Crippen molar-refractivity contribution in [3.8, 4) is 6.07 Å². The molecule has 0 heterocycles. The monoisotopic (exact) mass is 211 g/mol. The lowest BCUT2D eigenvalue weighted by Gasteiger charge is -2.25. The topological polar surface area (TPSA) is 70.3 Å². The Morgan fingerprint density at radius 1 is 1.80 bits per heavy atom. The van der Waals surface area contributed by atoms with Crippen molar-refractivity contribution >= 4 is 5.97 Å². The van der Waals surface area contributed by atoms with Crippen LogP contribution in [0.4, 0.5) is 0 Å². The third kappa shape index (κ3) is 2.13. The molecule has 4 nitrogen and oxygen atoms in total. The smallest absolute Gasteiger partial charge is 0.336 e. The maximum Gasteiger partial charge on any atom is 0.336 e. The van der Waals surface area contributed by atoms with Gasteiger partial charge in [-0.3, -0.25) is 0 Å². The SMILES string of the molecule is CCC1CCC(C#N)(C(O)C(=O)OC)C1. The average Bonchev–Trinajstić information content (AvgIpc) is 2.71. The molecular weight excluding hydrogens is 194 g/mol. The van der Waals surface area contributed by atoms with E-state index in [0.717, 1.165) is 12.8 Å². The number of nitriles is 1. The van der Waals surface area contributed by atoms with E-state index in [1.165, 1.54) is 7.11 Å². The molecule has 0 aliphatic heterocycles. The molecule has 0 aromatic heterocycles. The lowest BCUT2D eigenvalue weighted by molar-refractivity contribution is -0.155. The van der Waals surface area contributed by atoms with Crippen molar-refractivity contribution in [3.05, 3.63) is 0 Å². The molecule has 0 radical (unpaired) electrons. The highest BCUT2D eigenvalue weighted by atomic mass is 16.5. The molecule has 15 heavy (non-hydrogen) atoms. The van der Waals surface area contributed by atoms with Crippen LogP contribution in [-0.2, 0) is 9.53 Å². The molecule has 1 aliphatic rings. The Morgan fingerprint density at radius 2 is 2.47 bits per heavy atom. The number of carbonyl (C=O) groups excluding carboxylic acids is 1. The third-order valence-corrected chi connectivity index (χ3v) is 3.40. The van der Waals surface area contributed by atoms with Gasteiger partial charge in [0.25, 0.3) is 0 Å². The van der Waals surface area contributed by atoms with Crippen LogP contribution in [0.5, 0.6) is 0 Å². The summed E-state index contributed by atoms with van der Waals surface area (Å²) in [6, 6.07) is 2.11. The molecule has 1 N–H and O–H groups in total. The van der Waals surface area contributed by atoms with Gasteiger partial charge in [0.05, 0.1) is 18.6 Å². The second kappa shape index (κ2) is 4.63. The first-order valence-electron chi connectivity index (χ1n) is 5.26. The van der Waals surface area contributed by atoms with Gasteiger partial charge in [-0.15, -0.1) is 0 Å². The van der Waals surface area contributed by atoms with Gasteiger partial charge >= 0.3 is 5.97 Å². The second-order valence-electron chi connectivity index (χ2n) is 4.21. The first-order chi connectivity index (χ1) is 7.09. The van der Waals surface area contributed by atoms with E-state index in [4.69, 9.17) is 5.26 Å². The molecule has 0 saturated heterocycles. The number of hydrogen-bond acceptors (Lipinski definition) is 4. The lowest BCUT2D eigenvalue weighted by Crippen LogP contribution is -2.39. The van der Waals surface area contributed by atoms with Crippen molar-refractivity contribution in [3.63, 3.8) is 0 Å². The van der Waals surface area contributed by atoms with Crippen LogP contribution in [0.3, 0.4) is 0 Å². The maximum atomic E-state index is 11.2. The Bertz CT molecular complexity index is 284. The summed E-state index contributed by atoms with van der Waals surface area (Å²) in [7, 11) is 1.23. The number of hydrogen-bond donors (Lipinski definition) is 1. The molecule has 4 heteroatoms. The molecule has 1 aliphatic carbocycles. The van der Waals surface area contributed by atoms with E-state index in [2.05, 4.69) is 17.7 Å². The van der Waals surface area contributed by atoms with Crippen LogP contribution in [-0.4, -0.2) is 24.3 Å². The summed E-state index contributed by atoms with van der Waals surface area (Å²) in [5.74, 6) is -0.266. The van der Waals surface area contributed by atoms with Gasteiger partial charge in [0, 0.05) is 0 Å². The van der Waals surface area contributed by atoms with E-state index < -0.39 is 17.5 Å². The van der Waals surface area contributed by atoms with Gasteiger partial charge in [0.2, 0.25) is 0 Å². The summed E-state index contributed by atoms with van der Waals surface area (Å²) in [6.07, 6.45) is 1.76. The molecule has 0 bridgehead atoms. The number of rotatable bonds is 3. The number of methoxy groups -OCH3 is 1. The van der Waals surface area contributed by atoms with Gasteiger partial charge in [0.1, 0.15) is 0 Å². The fourth-order valence-corrected chi connectivity index (χ4v) is 2.28. The first kappa shape index (κ1) is 12.0. The minimum Gasteiger partial charge on any atom is -0.467 e. The Labute approximate surface area is 89.8 Å². The summed E-state index contributed by atoms with van der Waals surface area (Å²) in [5, 5.41) is 18.9. The first-order valence-corrected chi connectivity index (χ1v) is 5.26. The van der Waals surface area contributed by atoms with Crippen LogP contribution in [0.1, 0.15) is 32.6 Å². The summed E-state index contributed by atoms with van der Waals surface area (Å²) < 4.78 is 4.48. The summed E-state index contributed by atoms with van der Waals surface area (Å²) in [6.45, 7) is 2.06. The Morgan fingerprint density at radius 3 is 2.87 bits per heavy atom. The zero-order chi connectivity index (χ0) is 11.5.